The van der Waals surface area contributed by atoms with E-state index >= 15 is 0 Å². The van der Waals surface area contributed by atoms with Gasteiger partial charge in [0, 0.05) is 0 Å². The van der Waals surface area contributed by atoms with Gasteiger partial charge in [-0.1, -0.05) is 0 Å². The van der Waals surface area contributed by atoms with E-state index in [4.69, 9.17) is 1.37 Å². The van der Waals surface area contributed by atoms with Crippen molar-refractivity contribution in [1.29, 1.82) is 0 Å². The highest BCUT2D eigenvalue weighted by atomic mass is 31.0. The Kier molecular flexibility index (Phi) is 0.944. The lowest BCUT2D eigenvalue weighted by Gasteiger charge is -1.88. The number of imidazole rings is 1. The third-order valence-electron chi connectivity index (χ3n) is 1.20. The van der Waals surface area contributed by atoms with Crippen molar-refractivity contribution in [1.82, 2.24) is 19.3 Å². The Labute approximate surface area is 61.0 Å². The van der Waals surface area contributed by atoms with Crippen LogP contribution >= 0.6 is 9.39 Å². The topological polar surface area (TPSA) is 43.6 Å². The molecular weight excluding hydrogens is 147 g/mol. The molecule has 5 heteroatoms. The van der Waals surface area contributed by atoms with Gasteiger partial charge in [0.25, 0.3) is 0 Å². The van der Waals surface area contributed by atoms with Crippen LogP contribution in [0.1, 0.15) is 1.37 Å². The van der Waals surface area contributed by atoms with Crippen LogP contribution in [0.3, 0.4) is 0 Å². The van der Waals surface area contributed by atoms with Crippen LogP contribution in [0.5, 0.6) is 0 Å². The summed E-state index contributed by atoms with van der Waals surface area (Å²) in [7, 11) is 2.43. The molecule has 50 valence electrons. The Hall–Kier alpha value is -1.02. The van der Waals surface area contributed by atoms with Crippen molar-refractivity contribution < 1.29 is 1.37 Å². The molecule has 10 heavy (non-hydrogen) atoms. The highest BCUT2D eigenvalue weighted by molar-refractivity contribution is 7.14. The van der Waals surface area contributed by atoms with Crippen LogP contribution in [0.15, 0.2) is 18.8 Å². The van der Waals surface area contributed by atoms with Gasteiger partial charge in [-0.15, -0.1) is 0 Å². The average Bonchev–Trinajstić information content (AvgIpc) is 2.33. The van der Waals surface area contributed by atoms with E-state index in [-0.39, 0.29) is 6.30 Å². The lowest BCUT2D eigenvalue weighted by Crippen LogP contribution is -1.81. The maximum absolute atomic E-state index is 7.14. The minimum atomic E-state index is 0.0155. The fourth-order valence-electron chi connectivity index (χ4n) is 0.741. The summed E-state index contributed by atoms with van der Waals surface area (Å²) in [5.41, 5.74) is 1.37. The minimum absolute atomic E-state index is 0.0155. The van der Waals surface area contributed by atoms with Gasteiger partial charge < -0.3 is 0 Å². The van der Waals surface area contributed by atoms with E-state index in [0.29, 0.717) is 11.2 Å². The van der Waals surface area contributed by atoms with Crippen molar-refractivity contribution in [2.24, 2.45) is 0 Å². The van der Waals surface area contributed by atoms with E-state index in [1.54, 1.807) is 10.7 Å². The fourth-order valence-corrected chi connectivity index (χ4v) is 0.998. The molecule has 0 radical (unpaired) electrons. The second-order valence-corrected chi connectivity index (χ2v) is 2.39. The number of fused-ring (bicyclic) bond motifs is 1. The summed E-state index contributed by atoms with van der Waals surface area (Å²) >= 11 is 0. The van der Waals surface area contributed by atoms with Crippen molar-refractivity contribution in [3.05, 3.63) is 18.8 Å². The zero-order chi connectivity index (χ0) is 7.84. The number of nitrogens with zero attached hydrogens (tertiary/aromatic N) is 4. The summed E-state index contributed by atoms with van der Waals surface area (Å²) in [4.78, 5) is 11.6. The predicted molar refractivity (Wildman–Crippen MR) is 40.4 cm³/mol. The molecule has 0 aliphatic rings. The quantitative estimate of drug-likeness (QED) is 0.518. The van der Waals surface area contributed by atoms with Crippen molar-refractivity contribution in [3.63, 3.8) is 0 Å². The molecule has 0 spiro atoms. The van der Waals surface area contributed by atoms with Crippen LogP contribution in [-0.2, 0) is 0 Å². The van der Waals surface area contributed by atoms with Crippen LogP contribution in [0, 0.1) is 0 Å². The van der Waals surface area contributed by atoms with E-state index in [2.05, 4.69) is 24.3 Å². The molecule has 0 aliphatic heterocycles. The number of aromatic nitrogens is 4. The molecular formula is C5H5N4P. The molecule has 0 bridgehead atoms. The van der Waals surface area contributed by atoms with Crippen LogP contribution in [0.4, 0.5) is 0 Å². The molecule has 0 saturated carbocycles. The Morgan fingerprint density at radius 1 is 1.60 bits per heavy atom. The second-order valence-electron chi connectivity index (χ2n) is 1.83. The Morgan fingerprint density at radius 2 is 2.50 bits per heavy atom. The molecule has 2 heterocycles. The van der Waals surface area contributed by atoms with E-state index in [1.165, 1.54) is 6.20 Å². The summed E-state index contributed by atoms with van der Waals surface area (Å²) < 4.78 is 8.82. The van der Waals surface area contributed by atoms with Crippen LogP contribution in [0.2, 0.25) is 0 Å². The van der Waals surface area contributed by atoms with Gasteiger partial charge in [0.05, 0.1) is 12.5 Å². The first kappa shape index (κ1) is 4.74. The number of rotatable bonds is 0. The molecule has 2 aromatic rings. The number of hydrogen-bond donors (Lipinski definition) is 0. The van der Waals surface area contributed by atoms with E-state index in [0.717, 1.165) is 0 Å². The highest BCUT2D eigenvalue weighted by Crippen LogP contribution is 2.08. The van der Waals surface area contributed by atoms with Gasteiger partial charge in [0.1, 0.15) is 13.2 Å². The van der Waals surface area contributed by atoms with Crippen molar-refractivity contribution in [2.45, 2.75) is 0 Å². The van der Waals surface area contributed by atoms with Gasteiger partial charge in [-0.3, -0.25) is 4.34 Å². The molecule has 0 amide bonds. The molecule has 0 aliphatic carbocycles. The largest absolute Gasteiger partial charge is 0.299 e. The fraction of sp³-hybridized carbons (Fsp3) is 0. The summed E-state index contributed by atoms with van der Waals surface area (Å²) in [6.45, 7) is 0. The molecule has 2 rings (SSSR count). The lowest BCUT2D eigenvalue weighted by molar-refractivity contribution is 1.18. The Bertz CT molecular complexity index is 398. The first-order valence-corrected chi connectivity index (χ1v) is 3.21. The molecule has 0 saturated heterocycles. The molecule has 1 unspecified atom stereocenters. The highest BCUT2D eigenvalue weighted by Gasteiger charge is 1.96. The zero-order valence-corrected chi connectivity index (χ0v) is 6.18. The van der Waals surface area contributed by atoms with E-state index < -0.39 is 0 Å². The third kappa shape index (κ3) is 0.693. The third-order valence-corrected chi connectivity index (χ3v) is 1.57. The zero-order valence-electron chi connectivity index (χ0n) is 6.02. The molecule has 0 aromatic carbocycles. The Morgan fingerprint density at radius 3 is 3.40 bits per heavy atom. The van der Waals surface area contributed by atoms with Gasteiger partial charge in [-0.05, 0) is 9.39 Å². The summed E-state index contributed by atoms with van der Waals surface area (Å²) in [5, 5.41) is 0. The van der Waals surface area contributed by atoms with Gasteiger partial charge in [0.2, 0.25) is 0 Å². The molecule has 1 atom stereocenters. The maximum atomic E-state index is 7.14. The maximum Gasteiger partial charge on any atom is 0.166 e. The van der Waals surface area contributed by atoms with Gasteiger partial charge >= 0.3 is 0 Å². The van der Waals surface area contributed by atoms with Crippen molar-refractivity contribution in [3.8, 4) is 0 Å². The van der Waals surface area contributed by atoms with Gasteiger partial charge in [-0.25, -0.2) is 15.0 Å². The van der Waals surface area contributed by atoms with E-state index in [9.17, 15) is 0 Å². The average molecular weight is 154 g/mol. The molecule has 0 fully saturated rings. The summed E-state index contributed by atoms with van der Waals surface area (Å²) in [5.74, 6) is 0. The standard InChI is InChI=1S/C5H5N4P/c10-9-3-8-4-1-6-2-7-5(4)9/h1-3H,10H2/i2T. The van der Waals surface area contributed by atoms with Crippen LogP contribution in [-0.4, -0.2) is 19.3 Å². The number of hydrogen-bond acceptors (Lipinski definition) is 3. The molecule has 2 aromatic heterocycles. The summed E-state index contributed by atoms with van der Waals surface area (Å²) in [6.07, 6.45) is 3.16. The van der Waals surface area contributed by atoms with Crippen LogP contribution < -0.4 is 0 Å². The smallest absolute Gasteiger partial charge is 0.166 e. The van der Waals surface area contributed by atoms with Crippen LogP contribution in [0.25, 0.3) is 11.2 Å². The monoisotopic (exact) mass is 154 g/mol. The first-order valence-electron chi connectivity index (χ1n) is 3.19. The van der Waals surface area contributed by atoms with Crippen molar-refractivity contribution in [2.75, 3.05) is 0 Å². The van der Waals surface area contributed by atoms with Crippen molar-refractivity contribution >= 4 is 20.6 Å². The molecule has 4 nitrogen and oxygen atoms in total. The second kappa shape index (κ2) is 1.99. The van der Waals surface area contributed by atoms with E-state index in [1.807, 2.05) is 0 Å². The van der Waals surface area contributed by atoms with Gasteiger partial charge in [0.15, 0.2) is 5.65 Å². The minimum Gasteiger partial charge on any atom is -0.299 e. The van der Waals surface area contributed by atoms with Gasteiger partial charge in [-0.2, -0.15) is 0 Å². The summed E-state index contributed by atoms with van der Waals surface area (Å²) in [6, 6.07) is 0. The predicted octanol–water partition coefficient (Wildman–Crippen LogP) is 0.464. The first-order chi connectivity index (χ1) is 5.27. The molecule has 0 N–H and O–H groups in total. The normalized spacial score (nSPS) is 11.9. The lowest BCUT2D eigenvalue weighted by atomic mass is 10.6. The SMILES string of the molecule is [3H]c1ncc2ncn(P)c2n1. The Balaban J connectivity index is 2.87.